The normalized spacial score (nSPS) is 21.8. The van der Waals surface area contributed by atoms with E-state index >= 15 is 0 Å². The van der Waals surface area contributed by atoms with Gasteiger partial charge in [-0.25, -0.2) is 0 Å². The van der Waals surface area contributed by atoms with Crippen LogP contribution in [-0.4, -0.2) is 18.0 Å². The van der Waals surface area contributed by atoms with Crippen molar-refractivity contribution in [3.8, 4) is 0 Å². The summed E-state index contributed by atoms with van der Waals surface area (Å²) in [5, 5.41) is 9.98. The Morgan fingerprint density at radius 2 is 2.05 bits per heavy atom. The molecule has 1 aliphatic carbocycles. The van der Waals surface area contributed by atoms with E-state index < -0.39 is 5.54 Å². The summed E-state index contributed by atoms with van der Waals surface area (Å²) >= 11 is 0. The quantitative estimate of drug-likeness (QED) is 0.811. The smallest absolute Gasteiger partial charge is 0.186 e. The van der Waals surface area contributed by atoms with Gasteiger partial charge in [0.15, 0.2) is 5.78 Å². The molecule has 1 aromatic rings. The monoisotopic (exact) mass is 275 g/mol. The predicted molar refractivity (Wildman–Crippen MR) is 77.9 cm³/mol. The SMILES string of the molecule is CON[C@@]1(CCC(C)C)C(=O)C=C(O)c2ccccc21. The molecular formula is C16H21NO3. The molecule has 4 nitrogen and oxygen atoms in total. The van der Waals surface area contributed by atoms with Crippen molar-refractivity contribution in [3.63, 3.8) is 0 Å². The van der Waals surface area contributed by atoms with Crippen LogP contribution in [0.15, 0.2) is 30.3 Å². The summed E-state index contributed by atoms with van der Waals surface area (Å²) in [6.07, 6.45) is 2.79. The average molecular weight is 275 g/mol. The van der Waals surface area contributed by atoms with E-state index in [0.29, 0.717) is 17.9 Å². The lowest BCUT2D eigenvalue weighted by Gasteiger charge is -2.36. The molecule has 4 heteroatoms. The van der Waals surface area contributed by atoms with E-state index in [0.717, 1.165) is 12.0 Å². The third kappa shape index (κ3) is 2.49. The van der Waals surface area contributed by atoms with Crippen LogP contribution in [0.2, 0.25) is 0 Å². The molecule has 108 valence electrons. The van der Waals surface area contributed by atoms with Crippen LogP contribution in [-0.2, 0) is 15.2 Å². The van der Waals surface area contributed by atoms with Crippen LogP contribution in [0.5, 0.6) is 0 Å². The van der Waals surface area contributed by atoms with Crippen molar-refractivity contribution in [1.82, 2.24) is 5.48 Å². The molecule has 0 spiro atoms. The maximum Gasteiger partial charge on any atom is 0.186 e. The van der Waals surface area contributed by atoms with Crippen LogP contribution < -0.4 is 5.48 Å². The number of rotatable bonds is 5. The van der Waals surface area contributed by atoms with Gasteiger partial charge in [0, 0.05) is 11.6 Å². The van der Waals surface area contributed by atoms with Gasteiger partial charge in [-0.1, -0.05) is 38.1 Å². The van der Waals surface area contributed by atoms with Crippen molar-refractivity contribution in [2.75, 3.05) is 7.11 Å². The molecule has 0 fully saturated rings. The highest BCUT2D eigenvalue weighted by atomic mass is 16.6. The molecule has 1 atom stereocenters. The molecule has 0 radical (unpaired) electrons. The molecular weight excluding hydrogens is 254 g/mol. The van der Waals surface area contributed by atoms with Crippen molar-refractivity contribution >= 4 is 11.5 Å². The van der Waals surface area contributed by atoms with E-state index in [4.69, 9.17) is 4.84 Å². The third-order valence-electron chi connectivity index (χ3n) is 3.72. The van der Waals surface area contributed by atoms with Crippen molar-refractivity contribution in [1.29, 1.82) is 0 Å². The summed E-state index contributed by atoms with van der Waals surface area (Å²) in [6, 6.07) is 7.39. The topological polar surface area (TPSA) is 58.6 Å². The number of hydrogen-bond acceptors (Lipinski definition) is 4. The average Bonchev–Trinajstić information content (AvgIpc) is 2.42. The molecule has 0 aromatic heterocycles. The van der Waals surface area contributed by atoms with Gasteiger partial charge in [0.25, 0.3) is 0 Å². The molecule has 0 saturated heterocycles. The van der Waals surface area contributed by atoms with Gasteiger partial charge >= 0.3 is 0 Å². The Hall–Kier alpha value is -1.65. The summed E-state index contributed by atoms with van der Waals surface area (Å²) < 4.78 is 0. The second-order valence-electron chi connectivity index (χ2n) is 5.58. The second kappa shape index (κ2) is 5.77. The van der Waals surface area contributed by atoms with E-state index in [1.54, 1.807) is 0 Å². The number of fused-ring (bicyclic) bond motifs is 1. The fourth-order valence-corrected chi connectivity index (χ4v) is 2.63. The highest BCUT2D eigenvalue weighted by Crippen LogP contribution is 2.38. The molecule has 20 heavy (non-hydrogen) atoms. The zero-order valence-corrected chi connectivity index (χ0v) is 12.1. The molecule has 2 rings (SSSR count). The van der Waals surface area contributed by atoms with Crippen molar-refractivity contribution in [2.24, 2.45) is 5.92 Å². The molecule has 1 aliphatic rings. The Morgan fingerprint density at radius 3 is 2.70 bits per heavy atom. The van der Waals surface area contributed by atoms with Crippen LogP contribution in [0.25, 0.3) is 5.76 Å². The lowest BCUT2D eigenvalue weighted by Crippen LogP contribution is -2.50. The highest BCUT2D eigenvalue weighted by molar-refractivity contribution is 6.06. The van der Waals surface area contributed by atoms with Crippen molar-refractivity contribution in [2.45, 2.75) is 32.2 Å². The van der Waals surface area contributed by atoms with E-state index in [9.17, 15) is 9.90 Å². The molecule has 0 unspecified atom stereocenters. The number of aliphatic hydroxyl groups is 1. The lowest BCUT2D eigenvalue weighted by molar-refractivity contribution is -0.128. The fourth-order valence-electron chi connectivity index (χ4n) is 2.63. The van der Waals surface area contributed by atoms with Crippen LogP contribution in [0.3, 0.4) is 0 Å². The summed E-state index contributed by atoms with van der Waals surface area (Å²) in [5.74, 6) is 0.324. The first-order chi connectivity index (χ1) is 9.51. The molecule has 1 aromatic carbocycles. The van der Waals surface area contributed by atoms with Crippen molar-refractivity contribution < 1.29 is 14.7 Å². The number of nitrogens with one attached hydrogen (secondary N) is 1. The summed E-state index contributed by atoms with van der Waals surface area (Å²) in [7, 11) is 1.51. The molecule has 0 heterocycles. The maximum atomic E-state index is 12.5. The van der Waals surface area contributed by atoms with Gasteiger partial charge in [0.1, 0.15) is 11.3 Å². The third-order valence-corrected chi connectivity index (χ3v) is 3.72. The van der Waals surface area contributed by atoms with Gasteiger partial charge in [-0.15, -0.1) is 0 Å². The molecule has 0 saturated carbocycles. The van der Waals surface area contributed by atoms with E-state index in [1.807, 2.05) is 24.3 Å². The first-order valence-corrected chi connectivity index (χ1v) is 6.86. The van der Waals surface area contributed by atoms with Gasteiger partial charge in [0.05, 0.1) is 7.11 Å². The molecule has 0 amide bonds. The van der Waals surface area contributed by atoms with Crippen LogP contribution >= 0.6 is 0 Å². The largest absolute Gasteiger partial charge is 0.507 e. The van der Waals surface area contributed by atoms with Crippen molar-refractivity contribution in [3.05, 3.63) is 41.5 Å². The fraction of sp³-hybridized carbons (Fsp3) is 0.438. The van der Waals surface area contributed by atoms with Gasteiger partial charge in [-0.3, -0.25) is 4.79 Å². The number of hydroxylamine groups is 1. The first kappa shape index (κ1) is 14.8. The number of ketones is 1. The highest BCUT2D eigenvalue weighted by Gasteiger charge is 2.43. The maximum absolute atomic E-state index is 12.5. The number of carbonyl (C=O) groups is 1. The standard InChI is InChI=1S/C16H21NO3/c1-11(2)8-9-16(17-20-3)13-7-5-4-6-12(13)14(18)10-15(16)19/h4-7,10-11,17-18H,8-9H2,1-3H3/t16-/m1/s1. The summed E-state index contributed by atoms with van der Waals surface area (Å²) in [5.41, 5.74) is 3.41. The van der Waals surface area contributed by atoms with Gasteiger partial charge in [-0.05, 0) is 24.3 Å². The van der Waals surface area contributed by atoms with Gasteiger partial charge < -0.3 is 9.94 Å². The molecule has 0 aliphatic heterocycles. The van der Waals surface area contributed by atoms with Crippen LogP contribution in [0.4, 0.5) is 0 Å². The number of aliphatic hydroxyl groups excluding tert-OH is 1. The minimum Gasteiger partial charge on any atom is -0.507 e. The van der Waals surface area contributed by atoms with Gasteiger partial charge in [0.2, 0.25) is 0 Å². The Balaban J connectivity index is 2.51. The zero-order chi connectivity index (χ0) is 14.8. The molecule has 0 bridgehead atoms. The van der Waals surface area contributed by atoms with E-state index in [1.165, 1.54) is 13.2 Å². The van der Waals surface area contributed by atoms with Gasteiger partial charge in [-0.2, -0.15) is 5.48 Å². The Kier molecular flexibility index (Phi) is 4.26. The number of carbonyl (C=O) groups excluding carboxylic acids is 1. The van der Waals surface area contributed by atoms with E-state index in [2.05, 4.69) is 19.3 Å². The second-order valence-corrected chi connectivity index (χ2v) is 5.58. The Labute approximate surface area is 119 Å². The van der Waals surface area contributed by atoms with E-state index in [-0.39, 0.29) is 11.5 Å². The zero-order valence-electron chi connectivity index (χ0n) is 12.1. The minimum atomic E-state index is -0.915. The summed E-state index contributed by atoms with van der Waals surface area (Å²) in [4.78, 5) is 17.6. The Morgan fingerprint density at radius 1 is 1.35 bits per heavy atom. The summed E-state index contributed by atoms with van der Waals surface area (Å²) in [6.45, 7) is 4.24. The predicted octanol–water partition coefficient (Wildman–Crippen LogP) is 2.95. The first-order valence-electron chi connectivity index (χ1n) is 6.86. The van der Waals surface area contributed by atoms with Crippen LogP contribution in [0.1, 0.15) is 37.8 Å². The Bertz CT molecular complexity index is 536. The lowest BCUT2D eigenvalue weighted by atomic mass is 9.75. The number of benzene rings is 1. The minimum absolute atomic E-state index is 0.0173. The molecule has 2 N–H and O–H groups in total. The van der Waals surface area contributed by atoms with Crippen LogP contribution in [0, 0.1) is 5.92 Å². The number of hydrogen-bond donors (Lipinski definition) is 2.